The van der Waals surface area contributed by atoms with Gasteiger partial charge in [-0.15, -0.1) is 0 Å². The lowest BCUT2D eigenvalue weighted by molar-refractivity contribution is -0.127. The molecule has 1 N–H and O–H groups in total. The van der Waals surface area contributed by atoms with Crippen molar-refractivity contribution in [2.45, 2.75) is 52.2 Å². The smallest absolute Gasteiger partial charge is 0.407 e. The topological polar surface area (TPSA) is 58.6 Å². The van der Waals surface area contributed by atoms with Crippen molar-refractivity contribution in [1.29, 1.82) is 0 Å². The molecule has 1 fully saturated rings. The van der Waals surface area contributed by atoms with Crippen molar-refractivity contribution in [2.24, 2.45) is 5.92 Å². The Morgan fingerprint density at radius 1 is 1.35 bits per heavy atom. The summed E-state index contributed by atoms with van der Waals surface area (Å²) in [5, 5.41) is 2.88. The number of piperidine rings is 1. The van der Waals surface area contributed by atoms with Gasteiger partial charge in [-0.2, -0.15) is 0 Å². The summed E-state index contributed by atoms with van der Waals surface area (Å²) in [6.45, 7) is 12.5. The average Bonchev–Trinajstić information content (AvgIpc) is 2.35. The van der Waals surface area contributed by atoms with Crippen LogP contribution in [-0.4, -0.2) is 41.6 Å². The molecule has 1 heterocycles. The Bertz CT molecular complexity index is 366. The lowest BCUT2D eigenvalue weighted by atomic mass is 9.90. The summed E-state index contributed by atoms with van der Waals surface area (Å²) in [6, 6.07) is 0.0471. The summed E-state index contributed by atoms with van der Waals surface area (Å²) in [6.07, 6.45) is 2.74. The van der Waals surface area contributed by atoms with Gasteiger partial charge in [-0.1, -0.05) is 6.58 Å². The van der Waals surface area contributed by atoms with Gasteiger partial charge < -0.3 is 15.0 Å². The zero-order chi connectivity index (χ0) is 15.3. The molecule has 1 aliphatic heterocycles. The number of hydrogen-bond acceptors (Lipinski definition) is 3. The van der Waals surface area contributed by atoms with Crippen molar-refractivity contribution >= 4 is 12.0 Å². The number of likely N-dealkylation sites (tertiary alicyclic amines) is 1. The van der Waals surface area contributed by atoms with E-state index in [4.69, 9.17) is 4.74 Å². The summed E-state index contributed by atoms with van der Waals surface area (Å²) >= 11 is 0. The van der Waals surface area contributed by atoms with Gasteiger partial charge in [0, 0.05) is 19.1 Å². The van der Waals surface area contributed by atoms with Gasteiger partial charge in [0.1, 0.15) is 5.60 Å². The lowest BCUT2D eigenvalue weighted by Gasteiger charge is -2.34. The fourth-order valence-electron chi connectivity index (χ4n) is 2.36. The Morgan fingerprint density at radius 3 is 2.35 bits per heavy atom. The van der Waals surface area contributed by atoms with Crippen LogP contribution in [0.3, 0.4) is 0 Å². The van der Waals surface area contributed by atoms with E-state index in [0.29, 0.717) is 5.92 Å². The van der Waals surface area contributed by atoms with Crippen LogP contribution in [-0.2, 0) is 9.53 Å². The van der Waals surface area contributed by atoms with Gasteiger partial charge in [-0.05, 0) is 52.5 Å². The van der Waals surface area contributed by atoms with Crippen LogP contribution in [0.15, 0.2) is 12.7 Å². The molecule has 1 aliphatic rings. The number of rotatable bonds is 3. The molecule has 1 atom stereocenters. The molecule has 0 aromatic carbocycles. The summed E-state index contributed by atoms with van der Waals surface area (Å²) in [7, 11) is 0. The Hall–Kier alpha value is -1.52. The molecular weight excluding hydrogens is 256 g/mol. The van der Waals surface area contributed by atoms with E-state index in [2.05, 4.69) is 11.9 Å². The Labute approximate surface area is 121 Å². The first-order chi connectivity index (χ1) is 9.23. The number of amides is 2. The van der Waals surface area contributed by atoms with Crippen molar-refractivity contribution in [3.8, 4) is 0 Å². The first-order valence-corrected chi connectivity index (χ1v) is 7.14. The predicted molar refractivity (Wildman–Crippen MR) is 78.3 cm³/mol. The highest BCUT2D eigenvalue weighted by molar-refractivity contribution is 5.87. The molecular formula is C15H26N2O3. The van der Waals surface area contributed by atoms with E-state index in [-0.39, 0.29) is 18.0 Å². The molecule has 0 aromatic rings. The number of carbonyl (C=O) groups excluding carboxylic acids is 2. The van der Waals surface area contributed by atoms with Gasteiger partial charge in [-0.25, -0.2) is 4.79 Å². The molecule has 0 bridgehead atoms. The van der Waals surface area contributed by atoms with E-state index in [0.717, 1.165) is 25.9 Å². The van der Waals surface area contributed by atoms with E-state index in [1.165, 1.54) is 6.08 Å². The maximum absolute atomic E-state index is 11.7. The maximum atomic E-state index is 11.7. The third-order valence-electron chi connectivity index (χ3n) is 3.48. The highest BCUT2D eigenvalue weighted by atomic mass is 16.6. The molecule has 114 valence electrons. The van der Waals surface area contributed by atoms with Gasteiger partial charge in [0.2, 0.25) is 5.91 Å². The van der Waals surface area contributed by atoms with Crippen LogP contribution < -0.4 is 5.32 Å². The lowest BCUT2D eigenvalue weighted by Crippen LogP contribution is -2.46. The van der Waals surface area contributed by atoms with Crippen LogP contribution in [0.5, 0.6) is 0 Å². The first-order valence-electron chi connectivity index (χ1n) is 7.14. The van der Waals surface area contributed by atoms with E-state index in [9.17, 15) is 9.59 Å². The highest BCUT2D eigenvalue weighted by Gasteiger charge is 2.27. The maximum Gasteiger partial charge on any atom is 0.407 e. The zero-order valence-electron chi connectivity index (χ0n) is 12.9. The number of hydrogen-bond donors (Lipinski definition) is 1. The van der Waals surface area contributed by atoms with Crippen molar-refractivity contribution < 1.29 is 14.3 Å². The zero-order valence-corrected chi connectivity index (χ0v) is 12.9. The van der Waals surface area contributed by atoms with Gasteiger partial charge in [0.25, 0.3) is 0 Å². The number of nitrogens with zero attached hydrogens (tertiary/aromatic N) is 1. The molecule has 0 radical (unpaired) electrons. The summed E-state index contributed by atoms with van der Waals surface area (Å²) in [5.41, 5.74) is -0.483. The molecule has 0 spiro atoms. The molecule has 20 heavy (non-hydrogen) atoms. The second-order valence-corrected chi connectivity index (χ2v) is 6.30. The van der Waals surface area contributed by atoms with Gasteiger partial charge in [0.15, 0.2) is 0 Å². The second-order valence-electron chi connectivity index (χ2n) is 6.30. The van der Waals surface area contributed by atoms with Crippen molar-refractivity contribution in [3.05, 3.63) is 12.7 Å². The number of ether oxygens (including phenoxy) is 1. The van der Waals surface area contributed by atoms with Crippen molar-refractivity contribution in [1.82, 2.24) is 10.2 Å². The Balaban J connectivity index is 2.39. The molecule has 1 saturated heterocycles. The predicted octanol–water partition coefficient (Wildman–Crippen LogP) is 2.32. The normalized spacial score (nSPS) is 18.3. The second kappa shape index (κ2) is 6.77. The molecule has 0 aromatic heterocycles. The van der Waals surface area contributed by atoms with Crippen molar-refractivity contribution in [2.75, 3.05) is 13.1 Å². The summed E-state index contributed by atoms with van der Waals surface area (Å²) in [5.74, 6) is 0.354. The average molecular weight is 282 g/mol. The fourth-order valence-corrected chi connectivity index (χ4v) is 2.36. The first kappa shape index (κ1) is 16.5. The SMILES string of the molecule is C=CC(=O)N1CCC([C@@H](C)NC(=O)OC(C)(C)C)CC1. The third-order valence-corrected chi connectivity index (χ3v) is 3.48. The van der Waals surface area contributed by atoms with Gasteiger partial charge in [-0.3, -0.25) is 4.79 Å². The summed E-state index contributed by atoms with van der Waals surface area (Å²) in [4.78, 5) is 25.0. The molecule has 5 heteroatoms. The van der Waals surface area contributed by atoms with Crippen LogP contribution >= 0.6 is 0 Å². The molecule has 2 amide bonds. The fraction of sp³-hybridized carbons (Fsp3) is 0.733. The summed E-state index contributed by atoms with van der Waals surface area (Å²) < 4.78 is 5.25. The van der Waals surface area contributed by atoms with Crippen molar-refractivity contribution in [3.63, 3.8) is 0 Å². The number of alkyl carbamates (subject to hydrolysis) is 1. The van der Waals surface area contributed by atoms with Crippen LogP contribution in [0.25, 0.3) is 0 Å². The minimum atomic E-state index is -0.483. The Morgan fingerprint density at radius 2 is 1.90 bits per heavy atom. The minimum Gasteiger partial charge on any atom is -0.444 e. The van der Waals surface area contributed by atoms with Crippen LogP contribution in [0.1, 0.15) is 40.5 Å². The Kier molecular flexibility index (Phi) is 5.60. The van der Waals surface area contributed by atoms with E-state index >= 15 is 0 Å². The standard InChI is InChI=1S/C15H26N2O3/c1-6-13(18)17-9-7-12(8-10-17)11(2)16-14(19)20-15(3,4)5/h6,11-12H,1,7-10H2,2-5H3,(H,16,19)/t11-/m1/s1. The molecule has 1 rings (SSSR count). The van der Waals surface area contributed by atoms with Crippen LogP contribution in [0, 0.1) is 5.92 Å². The third kappa shape index (κ3) is 5.23. The number of carbonyl (C=O) groups is 2. The molecule has 0 saturated carbocycles. The molecule has 5 nitrogen and oxygen atoms in total. The van der Waals surface area contributed by atoms with E-state index in [1.54, 1.807) is 4.90 Å². The van der Waals surface area contributed by atoms with E-state index in [1.807, 2.05) is 27.7 Å². The highest BCUT2D eigenvalue weighted by Crippen LogP contribution is 2.21. The largest absolute Gasteiger partial charge is 0.444 e. The quantitative estimate of drug-likeness (QED) is 0.808. The number of nitrogens with one attached hydrogen (secondary N) is 1. The van der Waals surface area contributed by atoms with E-state index < -0.39 is 5.60 Å². The molecule has 0 unspecified atom stereocenters. The molecule has 0 aliphatic carbocycles. The van der Waals surface area contributed by atoms with Crippen LogP contribution in [0.2, 0.25) is 0 Å². The minimum absolute atomic E-state index is 0.0174. The monoisotopic (exact) mass is 282 g/mol. The van der Waals surface area contributed by atoms with Gasteiger partial charge >= 0.3 is 6.09 Å². The van der Waals surface area contributed by atoms with Gasteiger partial charge in [0.05, 0.1) is 0 Å². The van der Waals surface area contributed by atoms with Crippen LogP contribution in [0.4, 0.5) is 4.79 Å².